The standard InChI is InChI=1S/C8H11NO3/c10-4-6-8(12-5-9-6)7-2-1-3-11-7/h5,7,10H,1-4H2. The molecule has 0 saturated carbocycles. The predicted molar refractivity (Wildman–Crippen MR) is 40.4 cm³/mol. The maximum Gasteiger partial charge on any atom is 0.181 e. The van der Waals surface area contributed by atoms with Crippen molar-refractivity contribution < 1.29 is 14.3 Å². The van der Waals surface area contributed by atoms with E-state index in [9.17, 15) is 0 Å². The molecule has 0 spiro atoms. The number of aromatic nitrogens is 1. The number of aliphatic hydroxyl groups excluding tert-OH is 1. The van der Waals surface area contributed by atoms with Gasteiger partial charge in [0.05, 0.1) is 6.61 Å². The molecule has 1 N–H and O–H groups in total. The number of hydrogen-bond acceptors (Lipinski definition) is 4. The van der Waals surface area contributed by atoms with Gasteiger partial charge >= 0.3 is 0 Å². The number of ether oxygens (including phenoxy) is 1. The Morgan fingerprint density at radius 3 is 3.25 bits per heavy atom. The Bertz CT molecular complexity index is 253. The molecule has 1 atom stereocenters. The van der Waals surface area contributed by atoms with Gasteiger partial charge in [0.25, 0.3) is 0 Å². The third kappa shape index (κ3) is 1.23. The van der Waals surface area contributed by atoms with Crippen LogP contribution >= 0.6 is 0 Å². The lowest BCUT2D eigenvalue weighted by molar-refractivity contribution is 0.0910. The van der Waals surface area contributed by atoms with Gasteiger partial charge in [0.15, 0.2) is 12.2 Å². The van der Waals surface area contributed by atoms with Crippen LogP contribution < -0.4 is 0 Å². The van der Waals surface area contributed by atoms with E-state index in [1.54, 1.807) is 0 Å². The smallest absolute Gasteiger partial charge is 0.181 e. The fourth-order valence-corrected chi connectivity index (χ4v) is 1.44. The van der Waals surface area contributed by atoms with Crippen molar-refractivity contribution in [2.75, 3.05) is 6.61 Å². The van der Waals surface area contributed by atoms with E-state index >= 15 is 0 Å². The first kappa shape index (κ1) is 7.76. The molecule has 0 aliphatic carbocycles. The van der Waals surface area contributed by atoms with Crippen molar-refractivity contribution in [3.8, 4) is 0 Å². The van der Waals surface area contributed by atoms with Crippen molar-refractivity contribution >= 4 is 0 Å². The molecule has 0 amide bonds. The molecule has 4 nitrogen and oxygen atoms in total. The van der Waals surface area contributed by atoms with Crippen LogP contribution in [-0.4, -0.2) is 16.7 Å². The first-order valence-corrected chi connectivity index (χ1v) is 4.06. The second-order valence-electron chi connectivity index (χ2n) is 2.82. The summed E-state index contributed by atoms with van der Waals surface area (Å²) in [6, 6.07) is 0. The summed E-state index contributed by atoms with van der Waals surface area (Å²) < 4.78 is 10.5. The van der Waals surface area contributed by atoms with E-state index in [0.29, 0.717) is 11.5 Å². The van der Waals surface area contributed by atoms with Crippen LogP contribution in [0.3, 0.4) is 0 Å². The summed E-state index contributed by atoms with van der Waals surface area (Å²) >= 11 is 0. The predicted octanol–water partition coefficient (Wildman–Crippen LogP) is 1.02. The minimum Gasteiger partial charge on any atom is -0.445 e. The zero-order chi connectivity index (χ0) is 8.39. The molecule has 2 rings (SSSR count). The molecule has 66 valence electrons. The molecule has 1 aliphatic rings. The van der Waals surface area contributed by atoms with Gasteiger partial charge in [-0.1, -0.05) is 0 Å². The minimum absolute atomic E-state index is 0.00894. The molecule has 1 unspecified atom stereocenters. The summed E-state index contributed by atoms with van der Waals surface area (Å²) in [5.74, 6) is 0.690. The average Bonchev–Trinajstić information content (AvgIpc) is 2.74. The summed E-state index contributed by atoms with van der Waals surface area (Å²) in [6.07, 6.45) is 3.37. The number of aliphatic hydroxyl groups is 1. The van der Waals surface area contributed by atoms with Gasteiger partial charge in [0.2, 0.25) is 0 Å². The highest BCUT2D eigenvalue weighted by Gasteiger charge is 2.23. The highest BCUT2D eigenvalue weighted by Crippen LogP contribution is 2.30. The van der Waals surface area contributed by atoms with Gasteiger partial charge in [0, 0.05) is 6.61 Å². The Morgan fingerprint density at radius 2 is 2.58 bits per heavy atom. The molecular formula is C8H11NO3. The highest BCUT2D eigenvalue weighted by molar-refractivity contribution is 5.09. The molecular weight excluding hydrogens is 158 g/mol. The van der Waals surface area contributed by atoms with E-state index in [2.05, 4.69) is 4.98 Å². The SMILES string of the molecule is OCc1ncoc1C1CCCO1. The van der Waals surface area contributed by atoms with Gasteiger partial charge < -0.3 is 14.3 Å². The molecule has 0 radical (unpaired) electrons. The van der Waals surface area contributed by atoms with Crippen molar-refractivity contribution in [2.45, 2.75) is 25.6 Å². The van der Waals surface area contributed by atoms with E-state index in [1.165, 1.54) is 6.39 Å². The zero-order valence-corrected chi connectivity index (χ0v) is 6.69. The topological polar surface area (TPSA) is 55.5 Å². The van der Waals surface area contributed by atoms with Gasteiger partial charge in [-0.15, -0.1) is 0 Å². The number of rotatable bonds is 2. The fourth-order valence-electron chi connectivity index (χ4n) is 1.44. The van der Waals surface area contributed by atoms with Crippen LogP contribution in [0.2, 0.25) is 0 Å². The quantitative estimate of drug-likeness (QED) is 0.718. The van der Waals surface area contributed by atoms with Crippen LogP contribution in [0.25, 0.3) is 0 Å². The Balaban J connectivity index is 2.19. The summed E-state index contributed by atoms with van der Waals surface area (Å²) in [6.45, 7) is 0.696. The third-order valence-corrected chi connectivity index (χ3v) is 2.04. The molecule has 12 heavy (non-hydrogen) atoms. The van der Waals surface area contributed by atoms with Crippen molar-refractivity contribution in [1.29, 1.82) is 0 Å². The van der Waals surface area contributed by atoms with Gasteiger partial charge in [-0.3, -0.25) is 0 Å². The normalized spacial score (nSPS) is 23.2. The van der Waals surface area contributed by atoms with E-state index in [0.717, 1.165) is 19.4 Å². The maximum atomic E-state index is 8.89. The molecule has 4 heteroatoms. The second kappa shape index (κ2) is 3.25. The average molecular weight is 169 g/mol. The third-order valence-electron chi connectivity index (χ3n) is 2.04. The van der Waals surface area contributed by atoms with Crippen molar-refractivity contribution in [2.24, 2.45) is 0 Å². The molecule has 0 bridgehead atoms. The van der Waals surface area contributed by atoms with E-state index in [-0.39, 0.29) is 12.7 Å². The zero-order valence-electron chi connectivity index (χ0n) is 6.69. The summed E-state index contributed by atoms with van der Waals surface area (Å²) in [5, 5.41) is 8.89. The Kier molecular flexibility index (Phi) is 2.10. The molecule has 1 aromatic rings. The lowest BCUT2D eigenvalue weighted by atomic mass is 10.2. The van der Waals surface area contributed by atoms with Gasteiger partial charge in [-0.25, -0.2) is 4.98 Å². The molecule has 2 heterocycles. The van der Waals surface area contributed by atoms with Gasteiger partial charge in [0.1, 0.15) is 11.8 Å². The molecule has 1 fully saturated rings. The van der Waals surface area contributed by atoms with Crippen molar-refractivity contribution in [3.63, 3.8) is 0 Å². The molecule has 1 aromatic heterocycles. The lowest BCUT2D eigenvalue weighted by Gasteiger charge is -2.05. The van der Waals surface area contributed by atoms with Gasteiger partial charge in [-0.05, 0) is 12.8 Å². The van der Waals surface area contributed by atoms with Crippen LogP contribution in [0, 0.1) is 0 Å². The summed E-state index contributed by atoms with van der Waals surface area (Å²) in [4.78, 5) is 3.88. The first-order valence-electron chi connectivity index (χ1n) is 4.06. The minimum atomic E-state index is -0.0777. The van der Waals surface area contributed by atoms with Crippen LogP contribution in [0.15, 0.2) is 10.8 Å². The Hall–Kier alpha value is -0.870. The van der Waals surface area contributed by atoms with E-state index in [1.807, 2.05) is 0 Å². The molecule has 1 aliphatic heterocycles. The highest BCUT2D eigenvalue weighted by atomic mass is 16.5. The fraction of sp³-hybridized carbons (Fsp3) is 0.625. The number of oxazole rings is 1. The van der Waals surface area contributed by atoms with Crippen molar-refractivity contribution in [3.05, 3.63) is 17.8 Å². The number of hydrogen-bond donors (Lipinski definition) is 1. The van der Waals surface area contributed by atoms with E-state index < -0.39 is 0 Å². The second-order valence-corrected chi connectivity index (χ2v) is 2.82. The van der Waals surface area contributed by atoms with Crippen LogP contribution in [0.1, 0.15) is 30.4 Å². The molecule has 0 aromatic carbocycles. The van der Waals surface area contributed by atoms with Crippen LogP contribution in [-0.2, 0) is 11.3 Å². The largest absolute Gasteiger partial charge is 0.445 e. The van der Waals surface area contributed by atoms with E-state index in [4.69, 9.17) is 14.3 Å². The Labute approximate surface area is 70.2 Å². The lowest BCUT2D eigenvalue weighted by Crippen LogP contribution is -1.98. The van der Waals surface area contributed by atoms with Gasteiger partial charge in [-0.2, -0.15) is 0 Å². The molecule has 1 saturated heterocycles. The monoisotopic (exact) mass is 169 g/mol. The summed E-state index contributed by atoms with van der Waals surface area (Å²) in [5.41, 5.74) is 0.599. The van der Waals surface area contributed by atoms with Crippen LogP contribution in [0.5, 0.6) is 0 Å². The maximum absolute atomic E-state index is 8.89. The van der Waals surface area contributed by atoms with Crippen molar-refractivity contribution in [1.82, 2.24) is 4.98 Å². The summed E-state index contributed by atoms with van der Waals surface area (Å²) in [7, 11) is 0. The van der Waals surface area contributed by atoms with Crippen LogP contribution in [0.4, 0.5) is 0 Å². The first-order chi connectivity index (χ1) is 5.92. The Morgan fingerprint density at radius 1 is 1.67 bits per heavy atom. The number of nitrogens with zero attached hydrogens (tertiary/aromatic N) is 1.